The summed E-state index contributed by atoms with van der Waals surface area (Å²) in [6.07, 6.45) is 3.91. The predicted molar refractivity (Wildman–Crippen MR) is 122 cm³/mol. The Morgan fingerprint density at radius 3 is 2.68 bits per heavy atom. The van der Waals surface area contributed by atoms with Gasteiger partial charge in [0.25, 0.3) is 5.91 Å². The molecular weight excluding hydrogens is 480 g/mol. The van der Waals surface area contributed by atoms with Crippen molar-refractivity contribution in [3.8, 4) is 5.75 Å². The number of ether oxygens (including phenoxy) is 2. The van der Waals surface area contributed by atoms with E-state index in [0.717, 1.165) is 30.6 Å². The number of rotatable bonds is 4. The number of aromatic nitrogens is 1. The summed E-state index contributed by atoms with van der Waals surface area (Å²) in [5, 5.41) is 2.39. The highest BCUT2D eigenvalue weighted by molar-refractivity contribution is 9.09. The first-order valence-electron chi connectivity index (χ1n) is 10.5. The molecule has 0 bridgehead atoms. The van der Waals surface area contributed by atoms with Crippen molar-refractivity contribution in [1.29, 1.82) is 0 Å². The van der Waals surface area contributed by atoms with Crippen LogP contribution in [0.4, 0.5) is 5.13 Å². The van der Waals surface area contributed by atoms with Gasteiger partial charge in [-0.25, -0.2) is 4.98 Å². The van der Waals surface area contributed by atoms with Crippen molar-refractivity contribution in [2.75, 3.05) is 4.90 Å². The highest BCUT2D eigenvalue weighted by atomic mass is 79.9. The van der Waals surface area contributed by atoms with Crippen LogP contribution in [-0.4, -0.2) is 33.7 Å². The highest BCUT2D eigenvalue weighted by Gasteiger charge is 2.53. The lowest BCUT2D eigenvalue weighted by Crippen LogP contribution is -2.41. The Hall–Kier alpha value is -2.19. The summed E-state index contributed by atoms with van der Waals surface area (Å²) in [7, 11) is 0. The first kappa shape index (κ1) is 20.7. The smallest absolute Gasteiger partial charge is 0.296 e. The number of Topliss-reactive ketones (excluding diaryl/α,β-unsaturated/α-hetero) is 1. The molecule has 3 aliphatic rings. The minimum absolute atomic E-state index is 0.0234. The number of benzene rings is 1. The van der Waals surface area contributed by atoms with Crippen molar-refractivity contribution in [3.05, 3.63) is 52.7 Å². The molecule has 3 heterocycles. The van der Waals surface area contributed by atoms with Crippen LogP contribution in [0.2, 0.25) is 0 Å². The molecule has 2 aliphatic heterocycles. The van der Waals surface area contributed by atoms with Crippen molar-refractivity contribution in [1.82, 2.24) is 4.98 Å². The average molecular weight is 503 g/mol. The number of carbonyl (C=O) groups is 2. The fourth-order valence-corrected chi connectivity index (χ4v) is 6.00. The fraction of sp³-hybridized carbons (Fsp3) is 0.435. The number of hydrogen-bond acceptors (Lipinski definition) is 6. The maximum Gasteiger partial charge on any atom is 0.296 e. The van der Waals surface area contributed by atoms with Gasteiger partial charge in [-0.2, -0.15) is 0 Å². The van der Waals surface area contributed by atoms with E-state index in [1.54, 1.807) is 11.1 Å². The van der Waals surface area contributed by atoms with Gasteiger partial charge >= 0.3 is 0 Å². The van der Waals surface area contributed by atoms with Crippen LogP contribution in [0.25, 0.3) is 0 Å². The van der Waals surface area contributed by atoms with Crippen LogP contribution < -0.4 is 9.64 Å². The van der Waals surface area contributed by atoms with Crippen molar-refractivity contribution < 1.29 is 19.1 Å². The second kappa shape index (κ2) is 8.06. The third-order valence-corrected chi connectivity index (χ3v) is 7.58. The quantitative estimate of drug-likeness (QED) is 0.561. The van der Waals surface area contributed by atoms with Crippen LogP contribution in [0.5, 0.6) is 5.75 Å². The summed E-state index contributed by atoms with van der Waals surface area (Å²) in [4.78, 5) is 33.4. The lowest BCUT2D eigenvalue weighted by molar-refractivity contribution is -0.131. The van der Waals surface area contributed by atoms with E-state index in [0.29, 0.717) is 15.5 Å². The largest absolute Gasteiger partial charge is 0.491 e. The first-order valence-corrected chi connectivity index (χ1v) is 12.3. The second-order valence-corrected chi connectivity index (χ2v) is 10.6. The van der Waals surface area contributed by atoms with E-state index in [4.69, 9.17) is 9.47 Å². The minimum Gasteiger partial charge on any atom is -0.491 e. The zero-order chi connectivity index (χ0) is 21.7. The molecule has 1 aliphatic carbocycles. The summed E-state index contributed by atoms with van der Waals surface area (Å²) in [5.74, 6) is 0.452. The average Bonchev–Trinajstić information content (AvgIpc) is 3.36. The van der Waals surface area contributed by atoms with Crippen LogP contribution in [0.1, 0.15) is 44.7 Å². The molecule has 0 radical (unpaired) electrons. The van der Waals surface area contributed by atoms with E-state index < -0.39 is 6.04 Å². The maximum absolute atomic E-state index is 13.7. The van der Waals surface area contributed by atoms with Crippen LogP contribution in [0, 0.1) is 5.92 Å². The third kappa shape index (κ3) is 3.59. The number of fused-ring (bicyclic) bond motifs is 1. The summed E-state index contributed by atoms with van der Waals surface area (Å²) in [6, 6.07) is 7.04. The Bertz CT molecular complexity index is 1030. The zero-order valence-electron chi connectivity index (χ0n) is 17.3. The number of anilines is 1. The van der Waals surface area contributed by atoms with Crippen LogP contribution in [0.3, 0.4) is 0 Å². The van der Waals surface area contributed by atoms with Gasteiger partial charge in [0.15, 0.2) is 16.7 Å². The normalized spacial score (nSPS) is 27.9. The predicted octanol–water partition coefficient (Wildman–Crippen LogP) is 4.80. The topological polar surface area (TPSA) is 68.7 Å². The standard InChI is InChI=1S/C23H23BrN2O4S/c1-12(2)29-15-6-3-13(4-7-15)19-18-20(27)16-11-14(24)5-8-17(16)30-21(18)22(28)26(19)23-25-9-10-31-23/h3-4,6-7,9-10,12,14,16-17,19H,5,8,11H2,1-2H3. The summed E-state index contributed by atoms with van der Waals surface area (Å²) in [6.45, 7) is 3.95. The van der Waals surface area contributed by atoms with Gasteiger partial charge in [0.1, 0.15) is 11.9 Å². The SMILES string of the molecule is CC(C)Oc1ccc(C2C3=C(OC4CCC(Br)CC4C3=O)C(=O)N2c2nccs2)cc1. The van der Waals surface area contributed by atoms with Gasteiger partial charge in [-0.15, -0.1) is 11.3 Å². The first-order chi connectivity index (χ1) is 14.9. The minimum atomic E-state index is -0.550. The molecule has 8 heteroatoms. The molecule has 4 unspecified atom stereocenters. The molecule has 1 saturated carbocycles. The van der Waals surface area contributed by atoms with Gasteiger partial charge in [-0.05, 0) is 50.8 Å². The van der Waals surface area contributed by atoms with Crippen molar-refractivity contribution in [2.45, 2.75) is 56.2 Å². The lowest BCUT2D eigenvalue weighted by atomic mass is 9.77. The second-order valence-electron chi connectivity index (χ2n) is 8.41. The van der Waals surface area contributed by atoms with E-state index in [1.165, 1.54) is 11.3 Å². The molecule has 6 nitrogen and oxygen atoms in total. The fourth-order valence-electron chi connectivity index (χ4n) is 4.66. The monoisotopic (exact) mass is 502 g/mol. The number of thiazole rings is 1. The van der Waals surface area contributed by atoms with E-state index in [-0.39, 0.29) is 35.6 Å². The Labute approximate surface area is 193 Å². The number of ketones is 1. The molecule has 162 valence electrons. The molecule has 4 atom stereocenters. The van der Waals surface area contributed by atoms with Crippen molar-refractivity contribution in [2.24, 2.45) is 5.92 Å². The molecule has 2 aromatic rings. The van der Waals surface area contributed by atoms with Gasteiger partial charge in [0, 0.05) is 16.4 Å². The third-order valence-electron chi connectivity index (χ3n) is 5.98. The summed E-state index contributed by atoms with van der Waals surface area (Å²) in [5.41, 5.74) is 1.30. The number of amides is 1. The molecule has 1 aromatic carbocycles. The van der Waals surface area contributed by atoms with Gasteiger partial charge < -0.3 is 9.47 Å². The molecule has 1 aromatic heterocycles. The number of alkyl halides is 1. The molecular formula is C23H23BrN2O4S. The highest BCUT2D eigenvalue weighted by Crippen LogP contribution is 2.49. The molecule has 0 N–H and O–H groups in total. The number of carbonyl (C=O) groups excluding carboxylic acids is 2. The van der Waals surface area contributed by atoms with E-state index in [1.807, 2.05) is 43.5 Å². The van der Waals surface area contributed by atoms with E-state index in [2.05, 4.69) is 20.9 Å². The zero-order valence-corrected chi connectivity index (χ0v) is 19.7. The molecule has 1 fully saturated rings. The Balaban J connectivity index is 1.58. The van der Waals surface area contributed by atoms with Gasteiger partial charge in [-0.3, -0.25) is 14.5 Å². The van der Waals surface area contributed by atoms with Crippen LogP contribution >= 0.6 is 27.3 Å². The van der Waals surface area contributed by atoms with E-state index >= 15 is 0 Å². The molecule has 5 rings (SSSR count). The maximum atomic E-state index is 13.7. The lowest BCUT2D eigenvalue weighted by Gasteiger charge is -2.37. The Morgan fingerprint density at radius 2 is 2.00 bits per heavy atom. The summed E-state index contributed by atoms with van der Waals surface area (Å²) < 4.78 is 12.0. The molecule has 31 heavy (non-hydrogen) atoms. The number of hydrogen-bond donors (Lipinski definition) is 0. The van der Waals surface area contributed by atoms with Gasteiger partial charge in [-0.1, -0.05) is 28.1 Å². The van der Waals surface area contributed by atoms with Gasteiger partial charge in [0.05, 0.1) is 23.6 Å². The van der Waals surface area contributed by atoms with Crippen LogP contribution in [0.15, 0.2) is 47.2 Å². The Morgan fingerprint density at radius 1 is 1.23 bits per heavy atom. The number of halogens is 1. The van der Waals surface area contributed by atoms with Crippen LogP contribution in [-0.2, 0) is 14.3 Å². The molecule has 1 amide bonds. The number of nitrogens with zero attached hydrogens (tertiary/aromatic N) is 2. The summed E-state index contributed by atoms with van der Waals surface area (Å²) >= 11 is 5.04. The van der Waals surface area contributed by atoms with E-state index in [9.17, 15) is 9.59 Å². The van der Waals surface area contributed by atoms with Gasteiger partial charge in [0.2, 0.25) is 0 Å². The molecule has 0 saturated heterocycles. The Kier molecular flexibility index (Phi) is 5.38. The van der Waals surface area contributed by atoms with Crippen molar-refractivity contribution >= 4 is 44.1 Å². The van der Waals surface area contributed by atoms with Crippen molar-refractivity contribution in [3.63, 3.8) is 0 Å². The molecule has 0 spiro atoms.